The van der Waals surface area contributed by atoms with Crippen LogP contribution >= 0.6 is 0 Å². The van der Waals surface area contributed by atoms with Gasteiger partial charge < -0.3 is 26.2 Å². The Labute approximate surface area is 135 Å². The lowest BCUT2D eigenvalue weighted by atomic mass is 10.1. The van der Waals surface area contributed by atoms with Crippen molar-refractivity contribution in [3.05, 3.63) is 29.8 Å². The molecule has 0 aliphatic carbocycles. The van der Waals surface area contributed by atoms with Crippen molar-refractivity contribution >= 4 is 23.5 Å². The van der Waals surface area contributed by atoms with E-state index in [4.69, 9.17) is 10.2 Å². The van der Waals surface area contributed by atoms with E-state index in [1.165, 1.54) is 5.56 Å². The first-order chi connectivity index (χ1) is 11.2. The van der Waals surface area contributed by atoms with E-state index in [1.54, 1.807) is 0 Å². The number of aryl methyl sites for hydroxylation is 1. The van der Waals surface area contributed by atoms with Gasteiger partial charge in [0.2, 0.25) is 17.8 Å². The lowest BCUT2D eigenvalue weighted by Gasteiger charge is -2.11. The van der Waals surface area contributed by atoms with Crippen LogP contribution in [0.25, 0.3) is 0 Å². The van der Waals surface area contributed by atoms with Crippen LogP contribution in [0.1, 0.15) is 12.5 Å². The van der Waals surface area contributed by atoms with Crippen LogP contribution in [0.2, 0.25) is 0 Å². The summed E-state index contributed by atoms with van der Waals surface area (Å²) < 4.78 is 0. The molecule has 1 heterocycles. The molecule has 0 radical (unpaired) electrons. The van der Waals surface area contributed by atoms with E-state index < -0.39 is 0 Å². The molecule has 23 heavy (non-hydrogen) atoms. The van der Waals surface area contributed by atoms with Gasteiger partial charge in [0.25, 0.3) is 0 Å². The molecule has 0 aliphatic heterocycles. The van der Waals surface area contributed by atoms with E-state index in [9.17, 15) is 0 Å². The second-order valence-electron chi connectivity index (χ2n) is 4.79. The zero-order valence-corrected chi connectivity index (χ0v) is 13.1. The maximum Gasteiger partial charge on any atom is 0.233 e. The van der Waals surface area contributed by atoms with Crippen LogP contribution in [0.4, 0.5) is 23.5 Å². The molecule has 8 nitrogen and oxygen atoms in total. The minimum atomic E-state index is -0.0214. The third-order valence-corrected chi connectivity index (χ3v) is 3.02. The number of aromatic nitrogens is 3. The van der Waals surface area contributed by atoms with Gasteiger partial charge >= 0.3 is 0 Å². The third kappa shape index (κ3) is 5.35. The zero-order chi connectivity index (χ0) is 16.5. The summed E-state index contributed by atoms with van der Waals surface area (Å²) in [5.74, 6) is 1.08. The number of nitrogens with one attached hydrogen (secondary N) is 3. The van der Waals surface area contributed by atoms with Crippen molar-refractivity contribution < 1.29 is 10.2 Å². The molecular formula is C15H22N6O2. The molecule has 124 valence electrons. The van der Waals surface area contributed by atoms with Crippen molar-refractivity contribution in [3.63, 3.8) is 0 Å². The van der Waals surface area contributed by atoms with Gasteiger partial charge in [0, 0.05) is 18.8 Å². The molecule has 0 spiro atoms. The van der Waals surface area contributed by atoms with Gasteiger partial charge in [0.15, 0.2) is 0 Å². The molecule has 0 aliphatic rings. The maximum atomic E-state index is 8.90. The van der Waals surface area contributed by atoms with Crippen LogP contribution in [0.15, 0.2) is 24.3 Å². The van der Waals surface area contributed by atoms with Gasteiger partial charge in [-0.2, -0.15) is 15.0 Å². The molecule has 0 amide bonds. The van der Waals surface area contributed by atoms with Crippen LogP contribution < -0.4 is 16.0 Å². The number of benzene rings is 1. The molecule has 1 aromatic heterocycles. The summed E-state index contributed by atoms with van der Waals surface area (Å²) >= 11 is 0. The van der Waals surface area contributed by atoms with Crippen molar-refractivity contribution in [2.45, 2.75) is 13.3 Å². The van der Waals surface area contributed by atoms with Crippen LogP contribution in [0.5, 0.6) is 0 Å². The maximum absolute atomic E-state index is 8.90. The summed E-state index contributed by atoms with van der Waals surface area (Å²) in [5.41, 5.74) is 2.10. The fourth-order valence-electron chi connectivity index (χ4n) is 1.92. The Kier molecular flexibility index (Phi) is 6.52. The minimum Gasteiger partial charge on any atom is -0.395 e. The molecular weight excluding hydrogens is 296 g/mol. The summed E-state index contributed by atoms with van der Waals surface area (Å²) in [7, 11) is 0. The molecule has 2 rings (SSSR count). The van der Waals surface area contributed by atoms with Crippen molar-refractivity contribution in [3.8, 4) is 0 Å². The third-order valence-electron chi connectivity index (χ3n) is 3.02. The Morgan fingerprint density at radius 1 is 0.913 bits per heavy atom. The van der Waals surface area contributed by atoms with E-state index in [0.717, 1.165) is 12.1 Å². The Hall–Kier alpha value is -2.45. The Bertz CT molecular complexity index is 596. The first kappa shape index (κ1) is 16.9. The average molecular weight is 318 g/mol. The molecule has 8 heteroatoms. The number of anilines is 4. The highest BCUT2D eigenvalue weighted by molar-refractivity contribution is 5.56. The number of nitrogens with zero attached hydrogens (tertiary/aromatic N) is 3. The Morgan fingerprint density at radius 3 is 2.09 bits per heavy atom. The quantitative estimate of drug-likeness (QED) is 0.465. The average Bonchev–Trinajstić information content (AvgIpc) is 2.58. The van der Waals surface area contributed by atoms with Gasteiger partial charge in [0.1, 0.15) is 0 Å². The van der Waals surface area contributed by atoms with E-state index in [-0.39, 0.29) is 13.2 Å². The molecule has 0 atom stereocenters. The highest BCUT2D eigenvalue weighted by Crippen LogP contribution is 2.17. The van der Waals surface area contributed by atoms with Crippen molar-refractivity contribution in [2.75, 3.05) is 42.3 Å². The SMILES string of the molecule is CCc1cccc(Nc2nc(NCCO)nc(NCCO)n2)c1. The van der Waals surface area contributed by atoms with Crippen LogP contribution in [-0.2, 0) is 6.42 Å². The first-order valence-corrected chi connectivity index (χ1v) is 7.56. The van der Waals surface area contributed by atoms with Gasteiger partial charge in [-0.05, 0) is 24.1 Å². The highest BCUT2D eigenvalue weighted by Gasteiger charge is 2.07. The molecule has 1 aromatic carbocycles. The topological polar surface area (TPSA) is 115 Å². The fourth-order valence-corrected chi connectivity index (χ4v) is 1.92. The lowest BCUT2D eigenvalue weighted by Crippen LogP contribution is -2.14. The van der Waals surface area contributed by atoms with Gasteiger partial charge in [0.05, 0.1) is 13.2 Å². The molecule has 0 bridgehead atoms. The van der Waals surface area contributed by atoms with Gasteiger partial charge in [-0.3, -0.25) is 0 Å². The van der Waals surface area contributed by atoms with Gasteiger partial charge in [-0.25, -0.2) is 0 Å². The van der Waals surface area contributed by atoms with Crippen LogP contribution in [-0.4, -0.2) is 51.5 Å². The molecule has 2 aromatic rings. The molecule has 0 unspecified atom stereocenters. The fraction of sp³-hybridized carbons (Fsp3) is 0.400. The predicted molar refractivity (Wildman–Crippen MR) is 90.1 cm³/mol. The van der Waals surface area contributed by atoms with E-state index >= 15 is 0 Å². The van der Waals surface area contributed by atoms with E-state index in [2.05, 4.69) is 43.9 Å². The Morgan fingerprint density at radius 2 is 1.52 bits per heavy atom. The van der Waals surface area contributed by atoms with Gasteiger partial charge in [-0.15, -0.1) is 0 Å². The molecule has 0 fully saturated rings. The van der Waals surface area contributed by atoms with E-state index in [0.29, 0.717) is 30.9 Å². The standard InChI is InChI=1S/C15H22N6O2/c1-2-11-4-3-5-12(10-11)18-15-20-13(16-6-8-22)19-14(21-15)17-7-9-23/h3-5,10,22-23H,2,6-9H2,1H3,(H3,16,17,18,19,20,21). The zero-order valence-electron chi connectivity index (χ0n) is 13.1. The first-order valence-electron chi connectivity index (χ1n) is 7.56. The van der Waals surface area contributed by atoms with Crippen molar-refractivity contribution in [1.29, 1.82) is 0 Å². The minimum absolute atomic E-state index is 0.0214. The molecule has 5 N–H and O–H groups in total. The lowest BCUT2D eigenvalue weighted by molar-refractivity contribution is 0.310. The smallest absolute Gasteiger partial charge is 0.233 e. The summed E-state index contributed by atoms with van der Waals surface area (Å²) in [4.78, 5) is 12.7. The normalized spacial score (nSPS) is 10.4. The summed E-state index contributed by atoms with van der Waals surface area (Å²) in [6.07, 6.45) is 0.944. The van der Waals surface area contributed by atoms with E-state index in [1.807, 2.05) is 18.2 Å². The van der Waals surface area contributed by atoms with Crippen LogP contribution in [0, 0.1) is 0 Å². The number of aliphatic hydroxyl groups is 2. The van der Waals surface area contributed by atoms with Crippen LogP contribution in [0.3, 0.4) is 0 Å². The Balaban J connectivity index is 2.20. The van der Waals surface area contributed by atoms with Gasteiger partial charge in [-0.1, -0.05) is 19.1 Å². The predicted octanol–water partition coefficient (Wildman–Crippen LogP) is 0.986. The van der Waals surface area contributed by atoms with Crippen molar-refractivity contribution in [1.82, 2.24) is 15.0 Å². The second kappa shape index (κ2) is 8.86. The number of aliphatic hydroxyl groups excluding tert-OH is 2. The second-order valence-corrected chi connectivity index (χ2v) is 4.79. The number of hydrogen-bond donors (Lipinski definition) is 5. The number of hydrogen-bond acceptors (Lipinski definition) is 8. The largest absolute Gasteiger partial charge is 0.395 e. The summed E-state index contributed by atoms with van der Waals surface area (Å²) in [6.45, 7) is 2.73. The van der Waals surface area contributed by atoms with Crippen molar-refractivity contribution in [2.24, 2.45) is 0 Å². The molecule has 0 saturated heterocycles. The highest BCUT2D eigenvalue weighted by atomic mass is 16.3. The summed E-state index contributed by atoms with van der Waals surface area (Å²) in [6, 6.07) is 8.00. The number of rotatable bonds is 9. The molecule has 0 saturated carbocycles. The monoisotopic (exact) mass is 318 g/mol. The summed E-state index contributed by atoms with van der Waals surface area (Å²) in [5, 5.41) is 26.8.